The zero-order valence-corrected chi connectivity index (χ0v) is 16.2. The molecular weight excluding hydrogens is 387 g/mol. The van der Waals surface area contributed by atoms with Crippen LogP contribution in [0.4, 0.5) is 0 Å². The lowest BCUT2D eigenvalue weighted by Crippen LogP contribution is -2.40. The first kappa shape index (κ1) is 21.8. The first-order chi connectivity index (χ1) is 13.1. The number of phenols is 10. The summed E-state index contributed by atoms with van der Waals surface area (Å²) in [7, 11) is -0.116. The van der Waals surface area contributed by atoms with Crippen molar-refractivity contribution in [2.24, 2.45) is 0 Å². The van der Waals surface area contributed by atoms with Crippen molar-refractivity contribution >= 4 is 7.28 Å². The predicted molar refractivity (Wildman–Crippen MR) is 103 cm³/mol. The van der Waals surface area contributed by atoms with Gasteiger partial charge in [0.1, 0.15) is 7.28 Å². The minimum atomic E-state index is -1.28. The molecule has 2 rings (SSSR count). The Hall–Kier alpha value is -3.50. The van der Waals surface area contributed by atoms with Gasteiger partial charge in [-0.2, -0.15) is 0 Å². The molecule has 0 heterocycles. The van der Waals surface area contributed by atoms with Gasteiger partial charge in [0.15, 0.2) is 23.0 Å². The van der Waals surface area contributed by atoms with E-state index < -0.39 is 68.1 Å². The van der Waals surface area contributed by atoms with Gasteiger partial charge in [-0.3, -0.25) is 0 Å². The predicted octanol–water partition coefficient (Wildman–Crippen LogP) is 1.35. The van der Waals surface area contributed by atoms with Gasteiger partial charge in [0, 0.05) is 11.1 Å². The molecule has 0 amide bonds. The van der Waals surface area contributed by atoms with Crippen LogP contribution in [-0.4, -0.2) is 58.3 Å². The Balaban J connectivity index is 2.68. The smallest absolute Gasteiger partial charge is 0.208 e. The fraction of sp³-hybridized carbons (Fsp3) is 0.333. The molecule has 2 aromatic carbocycles. The molecule has 0 spiro atoms. The van der Waals surface area contributed by atoms with Crippen molar-refractivity contribution in [3.05, 3.63) is 11.1 Å². The van der Waals surface area contributed by atoms with Crippen molar-refractivity contribution in [2.45, 2.75) is 38.3 Å². The third-order valence-corrected chi connectivity index (χ3v) is 4.98. The fourth-order valence-electron chi connectivity index (χ4n) is 3.93. The maximum Gasteiger partial charge on any atom is 0.208 e. The standard InChI is InChI=1S/C18H23BO10/c1-17(2,5-7(20)11(24)15(28)12(25)8(5)21)19-18(3,4)6-9(22)13(26)16(29)14(27)10(6)23/h19-29H,1-4H3. The van der Waals surface area contributed by atoms with Gasteiger partial charge in [-0.15, -0.1) is 0 Å². The first-order valence-corrected chi connectivity index (χ1v) is 8.44. The van der Waals surface area contributed by atoms with Crippen molar-refractivity contribution in [2.75, 3.05) is 0 Å². The molecule has 0 radical (unpaired) electrons. The van der Waals surface area contributed by atoms with Gasteiger partial charge >= 0.3 is 0 Å². The number of rotatable bonds is 4. The molecule has 11 heteroatoms. The van der Waals surface area contributed by atoms with E-state index >= 15 is 0 Å². The molecule has 0 aliphatic rings. The second kappa shape index (κ2) is 6.54. The van der Waals surface area contributed by atoms with Crippen LogP contribution in [0.1, 0.15) is 38.8 Å². The van der Waals surface area contributed by atoms with Crippen LogP contribution in [0.3, 0.4) is 0 Å². The highest BCUT2D eigenvalue weighted by atomic mass is 16.4. The number of hydrogen-bond acceptors (Lipinski definition) is 10. The summed E-state index contributed by atoms with van der Waals surface area (Å²) >= 11 is 0. The highest BCUT2D eigenvalue weighted by Gasteiger charge is 2.42. The zero-order chi connectivity index (χ0) is 22.6. The average molecular weight is 410 g/mol. The van der Waals surface area contributed by atoms with Crippen molar-refractivity contribution in [3.63, 3.8) is 0 Å². The van der Waals surface area contributed by atoms with Gasteiger partial charge in [0.05, 0.1) is 0 Å². The Morgan fingerprint density at radius 2 is 0.552 bits per heavy atom. The first-order valence-electron chi connectivity index (χ1n) is 8.44. The summed E-state index contributed by atoms with van der Waals surface area (Å²) in [6, 6.07) is 0. The number of benzene rings is 2. The van der Waals surface area contributed by atoms with E-state index in [0.29, 0.717) is 0 Å². The van der Waals surface area contributed by atoms with Crippen LogP contribution in [0.2, 0.25) is 0 Å². The third kappa shape index (κ3) is 3.18. The van der Waals surface area contributed by atoms with E-state index in [1.807, 2.05) is 0 Å². The Kier molecular flexibility index (Phi) is 4.92. The van der Waals surface area contributed by atoms with Crippen LogP contribution in [0.15, 0.2) is 0 Å². The molecule has 0 fully saturated rings. The maximum absolute atomic E-state index is 10.2. The fourth-order valence-corrected chi connectivity index (χ4v) is 3.93. The summed E-state index contributed by atoms with van der Waals surface area (Å²) in [6.07, 6.45) is 0. The molecule has 0 saturated heterocycles. The van der Waals surface area contributed by atoms with E-state index in [1.54, 1.807) is 0 Å². The molecule has 29 heavy (non-hydrogen) atoms. The van der Waals surface area contributed by atoms with E-state index in [4.69, 9.17) is 0 Å². The zero-order valence-electron chi connectivity index (χ0n) is 16.2. The van der Waals surface area contributed by atoms with Gasteiger partial charge < -0.3 is 51.1 Å². The highest BCUT2D eigenvalue weighted by Crippen LogP contribution is 2.57. The van der Waals surface area contributed by atoms with Crippen molar-refractivity contribution in [3.8, 4) is 57.5 Å². The van der Waals surface area contributed by atoms with Gasteiger partial charge in [-0.05, 0) is 10.6 Å². The molecule has 10 nitrogen and oxygen atoms in total. The Morgan fingerprint density at radius 1 is 0.379 bits per heavy atom. The number of hydrogen-bond donors (Lipinski definition) is 10. The Labute approximate surface area is 166 Å². The van der Waals surface area contributed by atoms with Gasteiger partial charge in [-0.25, -0.2) is 0 Å². The Morgan fingerprint density at radius 3 is 0.759 bits per heavy atom. The molecule has 0 aliphatic carbocycles. The van der Waals surface area contributed by atoms with Crippen molar-refractivity contribution in [1.29, 1.82) is 0 Å². The monoisotopic (exact) mass is 410 g/mol. The molecule has 158 valence electrons. The van der Waals surface area contributed by atoms with E-state index in [9.17, 15) is 51.1 Å². The van der Waals surface area contributed by atoms with E-state index in [1.165, 1.54) is 27.7 Å². The molecule has 0 unspecified atom stereocenters. The molecule has 0 bridgehead atoms. The number of phenolic OH excluding ortho intramolecular Hbond substituents is 10. The van der Waals surface area contributed by atoms with Crippen LogP contribution in [-0.2, 0) is 10.6 Å². The van der Waals surface area contributed by atoms with Gasteiger partial charge in [0.2, 0.25) is 34.5 Å². The second-order valence-corrected chi connectivity index (χ2v) is 8.18. The topological polar surface area (TPSA) is 202 Å². The molecule has 10 N–H and O–H groups in total. The lowest BCUT2D eigenvalue weighted by Gasteiger charge is -2.36. The lowest BCUT2D eigenvalue weighted by atomic mass is 9.37. The average Bonchev–Trinajstić information content (AvgIpc) is 2.60. The van der Waals surface area contributed by atoms with Gasteiger partial charge in [0.25, 0.3) is 0 Å². The largest absolute Gasteiger partial charge is 0.504 e. The highest BCUT2D eigenvalue weighted by molar-refractivity contribution is 6.44. The SMILES string of the molecule is CC(C)(BC(C)(C)c1c(O)c(O)c(O)c(O)c1O)c1c(O)c(O)c(O)c(O)c1O. The van der Waals surface area contributed by atoms with Crippen molar-refractivity contribution in [1.82, 2.24) is 0 Å². The quantitative estimate of drug-likeness (QED) is 0.199. The van der Waals surface area contributed by atoms with E-state index in [-0.39, 0.29) is 18.4 Å². The summed E-state index contributed by atoms with van der Waals surface area (Å²) in [5.41, 5.74) is -0.658. The van der Waals surface area contributed by atoms with Crippen LogP contribution >= 0.6 is 0 Å². The van der Waals surface area contributed by atoms with Crippen LogP contribution in [0.5, 0.6) is 57.5 Å². The Bertz CT molecular complexity index is 860. The second-order valence-electron chi connectivity index (χ2n) is 8.18. The molecule has 0 aromatic heterocycles. The summed E-state index contributed by atoms with van der Waals surface area (Å²) < 4.78 is 0. The summed E-state index contributed by atoms with van der Waals surface area (Å²) in [6.45, 7) is 5.97. The lowest BCUT2D eigenvalue weighted by molar-refractivity contribution is 0.318. The van der Waals surface area contributed by atoms with Gasteiger partial charge in [-0.1, -0.05) is 27.7 Å². The normalized spacial score (nSPS) is 12.1. The molecule has 0 atom stereocenters. The van der Waals surface area contributed by atoms with Crippen LogP contribution in [0, 0.1) is 0 Å². The summed E-state index contributed by atoms with van der Waals surface area (Å²) in [5.74, 6) is -9.96. The third-order valence-electron chi connectivity index (χ3n) is 4.98. The summed E-state index contributed by atoms with van der Waals surface area (Å²) in [5, 5.41) is 96.8. The maximum atomic E-state index is 10.2. The van der Waals surface area contributed by atoms with Crippen LogP contribution < -0.4 is 0 Å². The van der Waals surface area contributed by atoms with Crippen molar-refractivity contribution < 1.29 is 51.1 Å². The number of aromatic hydroxyl groups is 10. The molecule has 0 aliphatic heterocycles. The van der Waals surface area contributed by atoms with Crippen LogP contribution in [0.25, 0.3) is 0 Å². The molecular formula is C18H23BO10. The minimum absolute atomic E-state index is 0.116. The van der Waals surface area contributed by atoms with E-state index in [2.05, 4.69) is 0 Å². The minimum Gasteiger partial charge on any atom is -0.504 e. The molecule has 2 aromatic rings. The molecule has 0 saturated carbocycles. The van der Waals surface area contributed by atoms with E-state index in [0.717, 1.165) is 0 Å². The summed E-state index contributed by atoms with van der Waals surface area (Å²) in [4.78, 5) is 0.